The Morgan fingerprint density at radius 2 is 2.06 bits per heavy atom. The van der Waals surface area contributed by atoms with E-state index in [0.717, 1.165) is 31.4 Å². The summed E-state index contributed by atoms with van der Waals surface area (Å²) in [6.45, 7) is 2.03. The van der Waals surface area contributed by atoms with Gasteiger partial charge in [0.15, 0.2) is 0 Å². The van der Waals surface area contributed by atoms with Crippen LogP contribution in [0.1, 0.15) is 5.56 Å². The molecular formula is C13H9ClN2S. The summed E-state index contributed by atoms with van der Waals surface area (Å²) in [6, 6.07) is 7.92. The lowest BCUT2D eigenvalue weighted by atomic mass is 10.2. The zero-order chi connectivity index (χ0) is 11.8. The van der Waals surface area contributed by atoms with E-state index in [4.69, 9.17) is 11.6 Å². The smallest absolute Gasteiger partial charge is 0.0831 e. The topological polar surface area (TPSA) is 25.8 Å². The first-order valence-electron chi connectivity index (χ1n) is 5.21. The summed E-state index contributed by atoms with van der Waals surface area (Å²) in [4.78, 5) is 9.81. The van der Waals surface area contributed by atoms with E-state index >= 15 is 0 Å². The van der Waals surface area contributed by atoms with Crippen LogP contribution in [-0.2, 0) is 0 Å². The number of hydrogen-bond acceptors (Lipinski definition) is 3. The van der Waals surface area contributed by atoms with Gasteiger partial charge >= 0.3 is 0 Å². The van der Waals surface area contributed by atoms with E-state index in [1.54, 1.807) is 17.5 Å². The minimum absolute atomic E-state index is 0.748. The molecule has 0 saturated carbocycles. The zero-order valence-electron chi connectivity index (χ0n) is 9.14. The van der Waals surface area contributed by atoms with Gasteiger partial charge in [-0.3, -0.25) is 9.97 Å². The Kier molecular flexibility index (Phi) is 2.57. The summed E-state index contributed by atoms with van der Waals surface area (Å²) in [5.74, 6) is 0. The molecule has 0 aliphatic heterocycles. The summed E-state index contributed by atoms with van der Waals surface area (Å²) in [5, 5.41) is 0.748. The summed E-state index contributed by atoms with van der Waals surface area (Å²) in [7, 11) is 0. The van der Waals surface area contributed by atoms with Crippen LogP contribution in [0.3, 0.4) is 0 Å². The average Bonchev–Trinajstić information content (AvgIpc) is 2.75. The van der Waals surface area contributed by atoms with E-state index in [-0.39, 0.29) is 0 Å². The molecule has 0 saturated heterocycles. The predicted octanol–water partition coefficient (Wildman–Crippen LogP) is 4.32. The van der Waals surface area contributed by atoms with Crippen LogP contribution in [0, 0.1) is 6.92 Å². The second kappa shape index (κ2) is 4.09. The largest absolute Gasteiger partial charge is 0.255 e. The molecule has 84 valence electrons. The van der Waals surface area contributed by atoms with E-state index in [2.05, 4.69) is 16.0 Å². The normalized spacial score (nSPS) is 10.9. The molecule has 0 aliphatic rings. The van der Waals surface area contributed by atoms with Crippen molar-refractivity contribution >= 4 is 33.2 Å². The Labute approximate surface area is 108 Å². The molecule has 0 radical (unpaired) electrons. The Balaban J connectivity index is 2.18. The fraction of sp³-hybridized carbons (Fsp3) is 0.0769. The van der Waals surface area contributed by atoms with Crippen LogP contribution in [0.4, 0.5) is 0 Å². The van der Waals surface area contributed by atoms with Crippen molar-refractivity contribution in [3.05, 3.63) is 47.2 Å². The highest BCUT2D eigenvalue weighted by Crippen LogP contribution is 2.35. The standard InChI is InChI=1S/C13H9ClN2S/c1-8-2-3-10(16-7-8)12-6-11-13(17-12)9(14)4-5-15-11/h2-7H,1H3. The van der Waals surface area contributed by atoms with Crippen LogP contribution in [0.25, 0.3) is 20.8 Å². The minimum Gasteiger partial charge on any atom is -0.255 e. The van der Waals surface area contributed by atoms with Gasteiger partial charge in [-0.25, -0.2) is 0 Å². The lowest BCUT2D eigenvalue weighted by Gasteiger charge is -1.95. The Bertz CT molecular complexity index is 673. The molecule has 0 aliphatic carbocycles. The van der Waals surface area contributed by atoms with Gasteiger partial charge in [0.1, 0.15) is 0 Å². The van der Waals surface area contributed by atoms with Gasteiger partial charge in [0.05, 0.1) is 25.8 Å². The molecule has 0 unspecified atom stereocenters. The number of aryl methyl sites for hydroxylation is 1. The zero-order valence-corrected chi connectivity index (χ0v) is 10.7. The highest BCUT2D eigenvalue weighted by molar-refractivity contribution is 7.22. The molecule has 0 bridgehead atoms. The molecule has 0 amide bonds. The van der Waals surface area contributed by atoms with Crippen molar-refractivity contribution in [2.24, 2.45) is 0 Å². The summed E-state index contributed by atoms with van der Waals surface area (Å²) >= 11 is 7.76. The number of rotatable bonds is 1. The van der Waals surface area contributed by atoms with Gasteiger partial charge in [0.25, 0.3) is 0 Å². The van der Waals surface area contributed by atoms with Gasteiger partial charge in [0, 0.05) is 12.4 Å². The lowest BCUT2D eigenvalue weighted by Crippen LogP contribution is -1.80. The van der Waals surface area contributed by atoms with Gasteiger partial charge < -0.3 is 0 Å². The number of nitrogens with zero attached hydrogens (tertiary/aromatic N) is 2. The van der Waals surface area contributed by atoms with E-state index < -0.39 is 0 Å². The Morgan fingerprint density at radius 3 is 2.76 bits per heavy atom. The van der Waals surface area contributed by atoms with Crippen LogP contribution >= 0.6 is 22.9 Å². The van der Waals surface area contributed by atoms with Gasteiger partial charge in [-0.15, -0.1) is 11.3 Å². The number of pyridine rings is 2. The maximum Gasteiger partial charge on any atom is 0.0831 e. The summed E-state index contributed by atoms with van der Waals surface area (Å²) in [6.07, 6.45) is 3.60. The second-order valence-corrected chi connectivity index (χ2v) is 5.30. The predicted molar refractivity (Wildman–Crippen MR) is 72.6 cm³/mol. The quantitative estimate of drug-likeness (QED) is 0.651. The molecule has 17 heavy (non-hydrogen) atoms. The van der Waals surface area contributed by atoms with Crippen molar-refractivity contribution in [1.29, 1.82) is 0 Å². The fourth-order valence-electron chi connectivity index (χ4n) is 1.65. The molecule has 0 N–H and O–H groups in total. The van der Waals surface area contributed by atoms with Crippen LogP contribution < -0.4 is 0 Å². The molecule has 3 heterocycles. The first-order valence-corrected chi connectivity index (χ1v) is 6.40. The maximum absolute atomic E-state index is 6.13. The van der Waals surface area contributed by atoms with E-state index in [0.29, 0.717) is 0 Å². The van der Waals surface area contributed by atoms with Crippen molar-refractivity contribution < 1.29 is 0 Å². The van der Waals surface area contributed by atoms with Crippen molar-refractivity contribution in [3.63, 3.8) is 0 Å². The SMILES string of the molecule is Cc1ccc(-c2cc3nccc(Cl)c3s2)nc1. The van der Waals surface area contributed by atoms with Crippen LogP contribution in [0.15, 0.2) is 36.7 Å². The molecule has 3 aromatic heterocycles. The van der Waals surface area contributed by atoms with Crippen LogP contribution in [0.5, 0.6) is 0 Å². The second-order valence-electron chi connectivity index (χ2n) is 3.84. The molecule has 2 nitrogen and oxygen atoms in total. The molecule has 4 heteroatoms. The lowest BCUT2D eigenvalue weighted by molar-refractivity contribution is 1.28. The van der Waals surface area contributed by atoms with Gasteiger partial charge in [0.2, 0.25) is 0 Å². The number of hydrogen-bond donors (Lipinski definition) is 0. The number of thiophene rings is 1. The monoisotopic (exact) mass is 260 g/mol. The minimum atomic E-state index is 0.748. The van der Waals surface area contributed by atoms with E-state index in [9.17, 15) is 0 Å². The molecule has 3 aromatic rings. The number of halogens is 1. The molecular weight excluding hydrogens is 252 g/mol. The van der Waals surface area contributed by atoms with Crippen molar-refractivity contribution in [1.82, 2.24) is 9.97 Å². The van der Waals surface area contributed by atoms with Gasteiger partial charge in [-0.2, -0.15) is 0 Å². The molecule has 3 rings (SSSR count). The van der Waals surface area contributed by atoms with E-state index in [1.807, 2.05) is 31.3 Å². The van der Waals surface area contributed by atoms with Gasteiger partial charge in [-0.05, 0) is 30.7 Å². The van der Waals surface area contributed by atoms with Crippen molar-refractivity contribution in [2.75, 3.05) is 0 Å². The number of fused-ring (bicyclic) bond motifs is 1. The summed E-state index contributed by atoms with van der Waals surface area (Å²) < 4.78 is 1.02. The third-order valence-electron chi connectivity index (χ3n) is 2.53. The Morgan fingerprint density at radius 1 is 1.18 bits per heavy atom. The van der Waals surface area contributed by atoms with Crippen molar-refractivity contribution in [2.45, 2.75) is 6.92 Å². The maximum atomic E-state index is 6.13. The molecule has 0 spiro atoms. The molecule has 0 atom stereocenters. The van der Waals surface area contributed by atoms with E-state index in [1.165, 1.54) is 0 Å². The Hall–Kier alpha value is -1.45. The van der Waals surface area contributed by atoms with Crippen LogP contribution in [-0.4, -0.2) is 9.97 Å². The summed E-state index contributed by atoms with van der Waals surface area (Å²) in [5.41, 5.74) is 3.06. The highest BCUT2D eigenvalue weighted by atomic mass is 35.5. The average molecular weight is 261 g/mol. The third kappa shape index (κ3) is 1.92. The fourth-order valence-corrected chi connectivity index (χ4v) is 2.91. The first kappa shape index (κ1) is 10.7. The first-order chi connectivity index (χ1) is 8.24. The molecule has 0 aromatic carbocycles. The highest BCUT2D eigenvalue weighted by Gasteiger charge is 2.08. The molecule has 0 fully saturated rings. The van der Waals surface area contributed by atoms with Gasteiger partial charge in [-0.1, -0.05) is 17.7 Å². The number of aromatic nitrogens is 2. The van der Waals surface area contributed by atoms with Crippen molar-refractivity contribution in [3.8, 4) is 10.6 Å². The van der Waals surface area contributed by atoms with Crippen LogP contribution in [0.2, 0.25) is 5.02 Å². The third-order valence-corrected chi connectivity index (χ3v) is 4.13.